The van der Waals surface area contributed by atoms with Gasteiger partial charge < -0.3 is 19.9 Å². The summed E-state index contributed by atoms with van der Waals surface area (Å²) in [7, 11) is 0. The van der Waals surface area contributed by atoms with E-state index in [0.29, 0.717) is 29.4 Å². The van der Waals surface area contributed by atoms with Crippen molar-refractivity contribution in [2.45, 2.75) is 64.4 Å². The largest absolute Gasteiger partial charge is 0.483 e. The van der Waals surface area contributed by atoms with Crippen molar-refractivity contribution in [2.75, 3.05) is 0 Å². The molecule has 174 valence electrons. The summed E-state index contributed by atoms with van der Waals surface area (Å²) in [4.78, 5) is 23.9. The molecule has 0 radical (unpaired) electrons. The van der Waals surface area contributed by atoms with Crippen molar-refractivity contribution in [3.8, 4) is 17.2 Å². The molecule has 0 atom stereocenters. The molecule has 1 heterocycles. The average molecular weight is 450 g/mol. The highest BCUT2D eigenvalue weighted by Gasteiger charge is 2.32. The predicted octanol–water partition coefficient (Wildman–Crippen LogP) is 5.70. The maximum atomic E-state index is 12.3. The van der Waals surface area contributed by atoms with Crippen LogP contribution in [0.2, 0.25) is 0 Å². The average Bonchev–Trinajstić information content (AvgIpc) is 3.39. The van der Waals surface area contributed by atoms with Crippen molar-refractivity contribution in [3.63, 3.8) is 0 Å². The molecule has 1 saturated carbocycles. The summed E-state index contributed by atoms with van der Waals surface area (Å²) in [5.74, 6) is 1.21. The number of benzene rings is 2. The van der Waals surface area contributed by atoms with Gasteiger partial charge in [-0.3, -0.25) is 4.79 Å². The highest BCUT2D eigenvalue weighted by atomic mass is 16.5. The van der Waals surface area contributed by atoms with Crippen LogP contribution in [-0.2, 0) is 16.0 Å². The zero-order valence-corrected chi connectivity index (χ0v) is 19.2. The van der Waals surface area contributed by atoms with Gasteiger partial charge >= 0.3 is 5.97 Å². The molecule has 2 aromatic carbocycles. The Morgan fingerprint density at radius 2 is 1.88 bits per heavy atom. The molecule has 6 heteroatoms. The molecule has 2 N–H and O–H groups in total. The van der Waals surface area contributed by atoms with Gasteiger partial charge in [-0.1, -0.05) is 49.9 Å². The molecule has 0 spiro atoms. The van der Waals surface area contributed by atoms with Gasteiger partial charge in [-0.25, -0.2) is 4.79 Å². The standard InChI is InChI=1S/C27H31NO5/c1-27(2)17-20-8-5-9-23(25(20)33-27)32-21-13-10-19(11-14-21)16-22(26(30)31)28-24(29)15-12-18-6-3-4-7-18/h5,8-11,13-14,16,18H,3-4,6-7,12,15,17H2,1-2H3,(H,28,29)(H,30,31). The maximum Gasteiger partial charge on any atom is 0.352 e. The van der Waals surface area contributed by atoms with E-state index in [2.05, 4.69) is 5.32 Å². The summed E-state index contributed by atoms with van der Waals surface area (Å²) >= 11 is 0. The number of fused-ring (bicyclic) bond motifs is 1. The number of hydrogen-bond acceptors (Lipinski definition) is 4. The van der Waals surface area contributed by atoms with Gasteiger partial charge in [0.05, 0.1) is 0 Å². The number of hydrogen-bond donors (Lipinski definition) is 2. The van der Waals surface area contributed by atoms with Crippen molar-refractivity contribution in [2.24, 2.45) is 5.92 Å². The van der Waals surface area contributed by atoms with Gasteiger partial charge in [0.1, 0.15) is 17.0 Å². The Labute approximate surface area is 194 Å². The molecule has 0 unspecified atom stereocenters. The zero-order chi connectivity index (χ0) is 23.4. The highest BCUT2D eigenvalue weighted by molar-refractivity contribution is 5.96. The van der Waals surface area contributed by atoms with Crippen LogP contribution < -0.4 is 14.8 Å². The number of rotatable bonds is 8. The molecule has 0 saturated heterocycles. The van der Waals surface area contributed by atoms with E-state index in [9.17, 15) is 14.7 Å². The molecule has 1 aliphatic carbocycles. The van der Waals surface area contributed by atoms with E-state index in [1.165, 1.54) is 31.8 Å². The van der Waals surface area contributed by atoms with Gasteiger partial charge in [0.2, 0.25) is 5.91 Å². The fourth-order valence-electron chi connectivity index (χ4n) is 4.59. The first kappa shape index (κ1) is 22.9. The van der Waals surface area contributed by atoms with Crippen LogP contribution in [0.25, 0.3) is 6.08 Å². The third kappa shape index (κ3) is 5.95. The molecule has 2 aromatic rings. The summed E-state index contributed by atoms with van der Waals surface area (Å²) < 4.78 is 12.1. The molecule has 1 fully saturated rings. The van der Waals surface area contributed by atoms with Gasteiger partial charge in [-0.2, -0.15) is 0 Å². The number of ether oxygens (including phenoxy) is 2. The number of para-hydroxylation sites is 1. The van der Waals surface area contributed by atoms with Gasteiger partial charge in [-0.15, -0.1) is 0 Å². The quantitative estimate of drug-likeness (QED) is 0.505. The van der Waals surface area contributed by atoms with Crippen LogP contribution in [-0.4, -0.2) is 22.6 Å². The van der Waals surface area contributed by atoms with E-state index in [-0.39, 0.29) is 17.2 Å². The molecule has 0 bridgehead atoms. The van der Waals surface area contributed by atoms with Gasteiger partial charge in [-0.05, 0) is 56.0 Å². The lowest BCUT2D eigenvalue weighted by molar-refractivity contribution is -0.134. The van der Waals surface area contributed by atoms with Crippen LogP contribution >= 0.6 is 0 Å². The Balaban J connectivity index is 1.40. The summed E-state index contributed by atoms with van der Waals surface area (Å²) in [6.07, 6.45) is 8.24. The number of carbonyl (C=O) groups excluding carboxylic acids is 1. The molecule has 33 heavy (non-hydrogen) atoms. The topological polar surface area (TPSA) is 84.9 Å². The lowest BCUT2D eigenvalue weighted by Gasteiger charge is -2.18. The van der Waals surface area contributed by atoms with E-state index in [1.54, 1.807) is 24.3 Å². The fraction of sp³-hybridized carbons (Fsp3) is 0.407. The SMILES string of the molecule is CC1(C)Cc2cccc(Oc3ccc(C=C(NC(=O)CCC4CCCC4)C(=O)O)cc3)c2O1. The first-order valence-electron chi connectivity index (χ1n) is 11.6. The summed E-state index contributed by atoms with van der Waals surface area (Å²) in [6, 6.07) is 12.9. The lowest BCUT2D eigenvalue weighted by Crippen LogP contribution is -2.27. The summed E-state index contributed by atoms with van der Waals surface area (Å²) in [6.45, 7) is 4.09. The van der Waals surface area contributed by atoms with E-state index < -0.39 is 5.97 Å². The molecule has 1 aliphatic heterocycles. The first-order valence-corrected chi connectivity index (χ1v) is 11.6. The second-order valence-corrected chi connectivity index (χ2v) is 9.55. The number of amides is 1. The lowest BCUT2D eigenvalue weighted by atomic mass is 10.0. The van der Waals surface area contributed by atoms with Crippen LogP contribution in [0.5, 0.6) is 17.2 Å². The van der Waals surface area contributed by atoms with E-state index in [4.69, 9.17) is 9.47 Å². The minimum absolute atomic E-state index is 0.128. The van der Waals surface area contributed by atoms with Crippen LogP contribution in [0.1, 0.15) is 63.5 Å². The Morgan fingerprint density at radius 1 is 1.15 bits per heavy atom. The van der Waals surface area contributed by atoms with E-state index in [1.807, 2.05) is 32.0 Å². The second kappa shape index (κ2) is 9.69. The van der Waals surface area contributed by atoms with Crippen molar-refractivity contribution in [1.29, 1.82) is 0 Å². The molecule has 2 aliphatic rings. The van der Waals surface area contributed by atoms with Crippen molar-refractivity contribution in [3.05, 3.63) is 59.3 Å². The number of carboxylic acids is 1. The Morgan fingerprint density at radius 3 is 2.58 bits per heavy atom. The molecular weight excluding hydrogens is 418 g/mol. The van der Waals surface area contributed by atoms with Crippen LogP contribution in [0.4, 0.5) is 0 Å². The Bertz CT molecular complexity index is 1050. The monoisotopic (exact) mass is 449 g/mol. The van der Waals surface area contributed by atoms with Crippen LogP contribution in [0.3, 0.4) is 0 Å². The van der Waals surface area contributed by atoms with Gasteiger partial charge in [0, 0.05) is 18.4 Å². The van der Waals surface area contributed by atoms with Gasteiger partial charge in [0.25, 0.3) is 0 Å². The highest BCUT2D eigenvalue weighted by Crippen LogP contribution is 2.43. The number of nitrogens with one attached hydrogen (secondary N) is 1. The molecule has 1 amide bonds. The number of aliphatic carboxylic acids is 1. The molecular formula is C27H31NO5. The normalized spacial score (nSPS) is 17.3. The molecule has 6 nitrogen and oxygen atoms in total. The third-order valence-corrected chi connectivity index (χ3v) is 6.23. The number of carbonyl (C=O) groups is 2. The van der Waals surface area contributed by atoms with Crippen molar-refractivity contribution in [1.82, 2.24) is 5.32 Å². The maximum absolute atomic E-state index is 12.3. The fourth-order valence-corrected chi connectivity index (χ4v) is 4.59. The Kier molecular flexibility index (Phi) is 6.72. The van der Waals surface area contributed by atoms with Crippen LogP contribution in [0.15, 0.2) is 48.2 Å². The third-order valence-electron chi connectivity index (χ3n) is 6.23. The number of carboxylic acid groups (broad SMARTS) is 1. The first-order chi connectivity index (χ1) is 15.8. The molecule has 0 aromatic heterocycles. The predicted molar refractivity (Wildman–Crippen MR) is 126 cm³/mol. The minimum atomic E-state index is -1.16. The van der Waals surface area contributed by atoms with Crippen LogP contribution in [0, 0.1) is 5.92 Å². The van der Waals surface area contributed by atoms with Gasteiger partial charge in [0.15, 0.2) is 11.5 Å². The summed E-state index contributed by atoms with van der Waals surface area (Å²) in [5, 5.41) is 12.1. The van der Waals surface area contributed by atoms with Crippen molar-refractivity contribution >= 4 is 18.0 Å². The summed E-state index contributed by atoms with van der Waals surface area (Å²) in [5.41, 5.74) is 1.39. The Hall–Kier alpha value is -3.28. The van der Waals surface area contributed by atoms with E-state index >= 15 is 0 Å². The smallest absolute Gasteiger partial charge is 0.352 e. The van der Waals surface area contributed by atoms with Crippen molar-refractivity contribution < 1.29 is 24.2 Å². The molecule has 4 rings (SSSR count). The van der Waals surface area contributed by atoms with E-state index in [0.717, 1.165) is 24.2 Å². The second-order valence-electron chi connectivity index (χ2n) is 9.55. The minimum Gasteiger partial charge on any atom is -0.483 e. The zero-order valence-electron chi connectivity index (χ0n) is 19.2.